The lowest BCUT2D eigenvalue weighted by molar-refractivity contribution is 0.563. The highest BCUT2D eigenvalue weighted by Gasteiger charge is 2.00. The number of hydrogen-bond donors (Lipinski definition) is 0. The fourth-order valence-corrected chi connectivity index (χ4v) is 1.69. The summed E-state index contributed by atoms with van der Waals surface area (Å²) in [5.41, 5.74) is 2.45. The zero-order valence-corrected chi connectivity index (χ0v) is 9.94. The molecule has 3 nitrogen and oxygen atoms in total. The van der Waals surface area contributed by atoms with Gasteiger partial charge in [0.05, 0.1) is 6.54 Å². The van der Waals surface area contributed by atoms with E-state index in [1.54, 1.807) is 6.08 Å². The molecular weight excluding hydrogens is 200 g/mol. The van der Waals surface area contributed by atoms with Gasteiger partial charge < -0.3 is 4.90 Å². The van der Waals surface area contributed by atoms with E-state index in [2.05, 4.69) is 48.0 Å². The molecule has 1 aromatic carbocycles. The second-order valence-electron chi connectivity index (χ2n) is 3.56. The summed E-state index contributed by atoms with van der Waals surface area (Å²) in [7, 11) is 0. The van der Waals surface area contributed by atoms with E-state index in [-0.39, 0.29) is 0 Å². The molecule has 0 unspecified atom stereocenters. The average Bonchev–Trinajstić information content (AvgIpc) is 2.33. The summed E-state index contributed by atoms with van der Waals surface area (Å²) in [5.74, 6) is 0. The van der Waals surface area contributed by atoms with Crippen LogP contribution >= 0.6 is 0 Å². The smallest absolute Gasteiger partial charge is 0.234 e. The highest BCUT2D eigenvalue weighted by atomic mass is 16.1. The predicted octanol–water partition coefficient (Wildman–Crippen LogP) is 2.41. The molecule has 3 heteroatoms. The van der Waals surface area contributed by atoms with Gasteiger partial charge >= 0.3 is 0 Å². The second kappa shape index (κ2) is 6.81. The number of benzene rings is 1. The number of nitrogens with zero attached hydrogens (tertiary/aromatic N) is 2. The fraction of sp³-hybridized carbons (Fsp3) is 0.462. The number of hydrogen-bond acceptors (Lipinski definition) is 3. The van der Waals surface area contributed by atoms with Crippen LogP contribution in [0.3, 0.4) is 0 Å². The third-order valence-corrected chi connectivity index (χ3v) is 2.64. The maximum atomic E-state index is 9.92. The molecule has 86 valence electrons. The molecule has 0 radical (unpaired) electrons. The number of carbonyl (C=O) groups excluding carboxylic acids is 1. The van der Waals surface area contributed by atoms with E-state index in [4.69, 9.17) is 0 Å². The van der Waals surface area contributed by atoms with E-state index in [0.29, 0.717) is 6.54 Å². The van der Waals surface area contributed by atoms with Crippen LogP contribution in [-0.4, -0.2) is 25.7 Å². The first-order chi connectivity index (χ1) is 7.81. The maximum absolute atomic E-state index is 9.92. The molecular formula is C13H18N2O. The third kappa shape index (κ3) is 3.52. The lowest BCUT2D eigenvalue weighted by Crippen LogP contribution is -2.21. The SMILES string of the molecule is CCN(CC)c1ccc(CCN=C=O)cc1. The van der Waals surface area contributed by atoms with Gasteiger partial charge in [-0.05, 0) is 38.0 Å². The molecule has 1 aromatic rings. The van der Waals surface area contributed by atoms with Crippen molar-refractivity contribution in [3.05, 3.63) is 29.8 Å². The predicted molar refractivity (Wildman–Crippen MR) is 66.7 cm³/mol. The van der Waals surface area contributed by atoms with E-state index in [1.807, 2.05) is 0 Å². The monoisotopic (exact) mass is 218 g/mol. The Bertz CT molecular complexity index is 349. The van der Waals surface area contributed by atoms with Gasteiger partial charge in [0.1, 0.15) is 0 Å². The van der Waals surface area contributed by atoms with E-state index in [1.165, 1.54) is 11.3 Å². The quantitative estimate of drug-likeness (QED) is 0.542. The Balaban J connectivity index is 2.63. The Morgan fingerprint density at radius 1 is 1.19 bits per heavy atom. The van der Waals surface area contributed by atoms with Crippen molar-refractivity contribution in [2.75, 3.05) is 24.5 Å². The highest BCUT2D eigenvalue weighted by molar-refractivity contribution is 5.47. The van der Waals surface area contributed by atoms with Crippen molar-refractivity contribution in [3.63, 3.8) is 0 Å². The Hall–Kier alpha value is -1.60. The van der Waals surface area contributed by atoms with Gasteiger partial charge in [-0.1, -0.05) is 12.1 Å². The molecule has 0 saturated heterocycles. The van der Waals surface area contributed by atoms with Crippen LogP contribution in [0.1, 0.15) is 19.4 Å². The van der Waals surface area contributed by atoms with Gasteiger partial charge in [0.15, 0.2) is 0 Å². The normalized spacial score (nSPS) is 9.62. The molecule has 0 atom stereocenters. The molecule has 0 aliphatic rings. The number of anilines is 1. The van der Waals surface area contributed by atoms with Gasteiger partial charge in [0.2, 0.25) is 6.08 Å². The minimum atomic E-state index is 0.522. The summed E-state index contributed by atoms with van der Waals surface area (Å²) in [5, 5.41) is 0. The second-order valence-corrected chi connectivity index (χ2v) is 3.56. The van der Waals surface area contributed by atoms with Gasteiger partial charge in [-0.3, -0.25) is 0 Å². The fourth-order valence-electron chi connectivity index (χ4n) is 1.69. The van der Waals surface area contributed by atoms with Gasteiger partial charge in [0, 0.05) is 18.8 Å². The summed E-state index contributed by atoms with van der Waals surface area (Å²) >= 11 is 0. The zero-order chi connectivity index (χ0) is 11.8. The molecule has 0 spiro atoms. The Morgan fingerprint density at radius 2 is 1.81 bits per heavy atom. The maximum Gasteiger partial charge on any atom is 0.234 e. The van der Waals surface area contributed by atoms with Crippen molar-refractivity contribution in [1.29, 1.82) is 0 Å². The number of rotatable bonds is 6. The van der Waals surface area contributed by atoms with Gasteiger partial charge in [-0.25, -0.2) is 9.79 Å². The molecule has 0 aliphatic heterocycles. The average molecular weight is 218 g/mol. The van der Waals surface area contributed by atoms with Crippen LogP contribution in [0.25, 0.3) is 0 Å². The first-order valence-corrected chi connectivity index (χ1v) is 5.69. The summed E-state index contributed by atoms with van der Waals surface area (Å²) in [4.78, 5) is 15.8. The minimum absolute atomic E-state index is 0.522. The summed E-state index contributed by atoms with van der Waals surface area (Å²) in [6, 6.07) is 8.42. The molecule has 16 heavy (non-hydrogen) atoms. The van der Waals surface area contributed by atoms with E-state index >= 15 is 0 Å². The summed E-state index contributed by atoms with van der Waals surface area (Å²) in [6.07, 6.45) is 2.35. The first kappa shape index (κ1) is 12.5. The van der Waals surface area contributed by atoms with E-state index < -0.39 is 0 Å². The molecule has 0 N–H and O–H groups in total. The topological polar surface area (TPSA) is 32.7 Å². The van der Waals surface area contributed by atoms with Crippen LogP contribution in [0, 0.1) is 0 Å². The van der Waals surface area contributed by atoms with Crippen LogP contribution in [0.4, 0.5) is 5.69 Å². The zero-order valence-electron chi connectivity index (χ0n) is 9.94. The van der Waals surface area contributed by atoms with Crippen LogP contribution < -0.4 is 4.90 Å². The lowest BCUT2D eigenvalue weighted by Gasteiger charge is -2.21. The van der Waals surface area contributed by atoms with E-state index in [0.717, 1.165) is 19.5 Å². The van der Waals surface area contributed by atoms with Gasteiger partial charge in [0.25, 0.3) is 0 Å². The van der Waals surface area contributed by atoms with E-state index in [9.17, 15) is 4.79 Å². The van der Waals surface area contributed by atoms with Crippen LogP contribution in [0.5, 0.6) is 0 Å². The Kier molecular flexibility index (Phi) is 5.30. The molecule has 0 fully saturated rings. The van der Waals surface area contributed by atoms with Crippen LogP contribution in [0.2, 0.25) is 0 Å². The van der Waals surface area contributed by atoms with Crippen molar-refractivity contribution >= 4 is 11.8 Å². The largest absolute Gasteiger partial charge is 0.372 e. The van der Waals surface area contributed by atoms with Gasteiger partial charge in [-0.15, -0.1) is 0 Å². The van der Waals surface area contributed by atoms with Crippen LogP contribution in [-0.2, 0) is 11.2 Å². The molecule has 0 saturated carbocycles. The Morgan fingerprint density at radius 3 is 2.31 bits per heavy atom. The summed E-state index contributed by atoms with van der Waals surface area (Å²) < 4.78 is 0. The number of aliphatic imine (C=N–C) groups is 1. The van der Waals surface area contributed by atoms with Crippen molar-refractivity contribution < 1.29 is 4.79 Å². The molecule has 0 amide bonds. The molecule has 1 rings (SSSR count). The number of isocyanates is 1. The highest BCUT2D eigenvalue weighted by Crippen LogP contribution is 2.15. The minimum Gasteiger partial charge on any atom is -0.372 e. The first-order valence-electron chi connectivity index (χ1n) is 5.69. The molecule has 0 aromatic heterocycles. The molecule has 0 heterocycles. The summed E-state index contributed by atoms with van der Waals surface area (Å²) in [6.45, 7) is 6.86. The van der Waals surface area contributed by atoms with Crippen molar-refractivity contribution in [1.82, 2.24) is 0 Å². The molecule has 0 bridgehead atoms. The van der Waals surface area contributed by atoms with Crippen molar-refractivity contribution in [2.24, 2.45) is 4.99 Å². The Labute approximate surface area is 96.8 Å². The van der Waals surface area contributed by atoms with Crippen molar-refractivity contribution in [2.45, 2.75) is 20.3 Å². The molecule has 0 aliphatic carbocycles. The lowest BCUT2D eigenvalue weighted by atomic mass is 10.1. The van der Waals surface area contributed by atoms with Gasteiger partial charge in [-0.2, -0.15) is 0 Å². The standard InChI is InChI=1S/C13H18N2O/c1-3-15(4-2)13-7-5-12(6-8-13)9-10-14-11-16/h5-8H,3-4,9-10H2,1-2H3. The van der Waals surface area contributed by atoms with Crippen LogP contribution in [0.15, 0.2) is 29.3 Å². The third-order valence-electron chi connectivity index (χ3n) is 2.64. The van der Waals surface area contributed by atoms with Crippen molar-refractivity contribution in [3.8, 4) is 0 Å².